The van der Waals surface area contributed by atoms with E-state index in [1.165, 1.54) is 4.88 Å². The summed E-state index contributed by atoms with van der Waals surface area (Å²) in [6, 6.07) is 7.42. The molecule has 3 rings (SSSR count). The number of carbonyl (C=O) groups is 1. The third kappa shape index (κ3) is 2.18. The van der Waals surface area contributed by atoms with Crippen molar-refractivity contribution in [1.29, 1.82) is 0 Å². The maximum Gasteiger partial charge on any atom is 0.326 e. The highest BCUT2D eigenvalue weighted by atomic mass is 32.1. The maximum absolute atomic E-state index is 11.5. The lowest BCUT2D eigenvalue weighted by molar-refractivity contribution is -0.138. The van der Waals surface area contributed by atoms with Gasteiger partial charge in [0.1, 0.15) is 11.0 Å². The molecule has 1 aliphatic rings. The molecule has 2 aromatic rings. The zero-order valence-electron chi connectivity index (χ0n) is 11.5. The van der Waals surface area contributed by atoms with Crippen LogP contribution in [0.25, 0.3) is 0 Å². The van der Waals surface area contributed by atoms with Crippen LogP contribution in [0, 0.1) is 13.8 Å². The highest BCUT2D eigenvalue weighted by Crippen LogP contribution is 2.34. The van der Waals surface area contributed by atoms with Crippen LogP contribution in [0.2, 0.25) is 0 Å². The minimum Gasteiger partial charge on any atom is -0.480 e. The van der Waals surface area contributed by atoms with Crippen molar-refractivity contribution in [1.82, 2.24) is 4.98 Å². The van der Waals surface area contributed by atoms with E-state index < -0.39 is 12.0 Å². The fourth-order valence-electron chi connectivity index (χ4n) is 2.62. The molecular weight excluding hydrogens is 272 g/mol. The van der Waals surface area contributed by atoms with Crippen molar-refractivity contribution >= 4 is 23.0 Å². The van der Waals surface area contributed by atoms with Crippen molar-refractivity contribution in [3.63, 3.8) is 0 Å². The zero-order chi connectivity index (χ0) is 14.3. The van der Waals surface area contributed by atoms with Gasteiger partial charge in [-0.15, -0.1) is 11.3 Å². The van der Waals surface area contributed by atoms with E-state index in [0.717, 1.165) is 22.0 Å². The third-order valence-electron chi connectivity index (χ3n) is 3.75. The molecule has 0 radical (unpaired) electrons. The Morgan fingerprint density at radius 2 is 2.20 bits per heavy atom. The third-order valence-corrected chi connectivity index (χ3v) is 4.81. The molecule has 0 fully saturated rings. The molecule has 0 bridgehead atoms. The first kappa shape index (κ1) is 13.1. The minimum atomic E-state index is -0.772. The number of hydrogen-bond donors (Lipinski definition) is 1. The lowest BCUT2D eigenvalue weighted by Gasteiger charge is -2.23. The van der Waals surface area contributed by atoms with Crippen molar-refractivity contribution < 1.29 is 9.90 Å². The Balaban J connectivity index is 1.94. The van der Waals surface area contributed by atoms with Gasteiger partial charge in [-0.1, -0.05) is 18.2 Å². The summed E-state index contributed by atoms with van der Waals surface area (Å²) in [5, 5.41) is 10.4. The van der Waals surface area contributed by atoms with Crippen LogP contribution in [0.3, 0.4) is 0 Å². The van der Waals surface area contributed by atoms with E-state index >= 15 is 0 Å². The summed E-state index contributed by atoms with van der Waals surface area (Å²) in [4.78, 5) is 19.2. The van der Waals surface area contributed by atoms with E-state index in [9.17, 15) is 9.90 Å². The Labute approximate surface area is 121 Å². The first-order valence-corrected chi connectivity index (χ1v) is 7.38. The molecule has 0 aliphatic carbocycles. The second-order valence-corrected chi connectivity index (χ2v) is 6.35. The molecule has 5 heteroatoms. The van der Waals surface area contributed by atoms with Crippen LogP contribution in [0.5, 0.6) is 0 Å². The van der Waals surface area contributed by atoms with Gasteiger partial charge in [-0.3, -0.25) is 0 Å². The van der Waals surface area contributed by atoms with Crippen LogP contribution < -0.4 is 4.90 Å². The number of para-hydroxylation sites is 1. The molecule has 0 saturated heterocycles. The second-order valence-electron chi connectivity index (χ2n) is 5.06. The van der Waals surface area contributed by atoms with Gasteiger partial charge in [0.25, 0.3) is 0 Å². The lowest BCUT2D eigenvalue weighted by Crippen LogP contribution is -2.38. The smallest absolute Gasteiger partial charge is 0.326 e. The first-order valence-electron chi connectivity index (χ1n) is 6.56. The molecular formula is C15H16N2O2S. The maximum atomic E-state index is 11.5. The van der Waals surface area contributed by atoms with E-state index in [1.54, 1.807) is 11.3 Å². The number of benzene rings is 1. The molecule has 4 nitrogen and oxygen atoms in total. The summed E-state index contributed by atoms with van der Waals surface area (Å²) in [6.45, 7) is 4.60. The number of nitrogens with zero attached hydrogens (tertiary/aromatic N) is 2. The molecule has 0 spiro atoms. The van der Waals surface area contributed by atoms with Crippen LogP contribution in [0.15, 0.2) is 24.3 Å². The fraction of sp³-hybridized carbons (Fsp3) is 0.333. The van der Waals surface area contributed by atoms with Gasteiger partial charge in [-0.25, -0.2) is 9.78 Å². The minimum absolute atomic E-state index is 0.489. The highest BCUT2D eigenvalue weighted by molar-refractivity contribution is 7.11. The second kappa shape index (κ2) is 4.90. The molecule has 0 saturated carbocycles. The van der Waals surface area contributed by atoms with Crippen LogP contribution in [-0.4, -0.2) is 22.1 Å². The number of thiazole rings is 1. The predicted octanol–water partition coefficient (Wildman–Crippen LogP) is 2.78. The Morgan fingerprint density at radius 1 is 1.45 bits per heavy atom. The number of carboxylic acids is 1. The first-order chi connectivity index (χ1) is 9.56. The lowest BCUT2D eigenvalue weighted by atomic mass is 10.1. The molecule has 1 aromatic heterocycles. The van der Waals surface area contributed by atoms with E-state index in [4.69, 9.17) is 0 Å². The van der Waals surface area contributed by atoms with Crippen LogP contribution in [0.1, 0.15) is 21.1 Å². The number of anilines is 1. The number of rotatable bonds is 3. The summed E-state index contributed by atoms with van der Waals surface area (Å²) in [5.41, 5.74) is 3.15. The average molecular weight is 288 g/mol. The van der Waals surface area contributed by atoms with E-state index in [1.807, 2.05) is 43.0 Å². The van der Waals surface area contributed by atoms with Crippen molar-refractivity contribution in [2.75, 3.05) is 4.90 Å². The topological polar surface area (TPSA) is 53.4 Å². The number of aliphatic carboxylic acids is 1. The summed E-state index contributed by atoms with van der Waals surface area (Å²) >= 11 is 1.64. The van der Waals surface area contributed by atoms with Crippen molar-refractivity contribution in [3.8, 4) is 0 Å². The van der Waals surface area contributed by atoms with Gasteiger partial charge in [0.15, 0.2) is 0 Å². The van der Waals surface area contributed by atoms with Gasteiger partial charge in [0.2, 0.25) is 0 Å². The standard InChI is InChI=1S/C15H16N2O2S/c1-9-10(2)20-14(16-9)8-17-12-6-4-3-5-11(12)7-13(17)15(18)19/h3-6,13H,7-8H2,1-2H3,(H,18,19). The van der Waals surface area contributed by atoms with Gasteiger partial charge < -0.3 is 10.0 Å². The fourth-order valence-corrected chi connectivity index (χ4v) is 3.55. The summed E-state index contributed by atoms with van der Waals surface area (Å²) in [7, 11) is 0. The van der Waals surface area contributed by atoms with Crippen molar-refractivity contribution in [2.45, 2.75) is 32.9 Å². The molecule has 1 unspecified atom stereocenters. The van der Waals surface area contributed by atoms with Crippen LogP contribution in [0.4, 0.5) is 5.69 Å². The molecule has 104 valence electrons. The SMILES string of the molecule is Cc1nc(CN2c3ccccc3CC2C(=O)O)sc1C. The summed E-state index contributed by atoms with van der Waals surface area (Å²) < 4.78 is 0. The molecule has 1 aromatic carbocycles. The monoisotopic (exact) mass is 288 g/mol. The number of hydrogen-bond acceptors (Lipinski definition) is 4. The van der Waals surface area contributed by atoms with E-state index in [0.29, 0.717) is 13.0 Å². The van der Waals surface area contributed by atoms with Crippen molar-refractivity contribution in [3.05, 3.63) is 45.4 Å². The quantitative estimate of drug-likeness (QED) is 0.943. The number of carboxylic acid groups (broad SMARTS) is 1. The van der Waals surface area contributed by atoms with Crippen LogP contribution >= 0.6 is 11.3 Å². The van der Waals surface area contributed by atoms with Crippen molar-refractivity contribution in [2.24, 2.45) is 0 Å². The van der Waals surface area contributed by atoms with Crippen LogP contribution in [-0.2, 0) is 17.8 Å². The summed E-state index contributed by atoms with van der Waals surface area (Å²) in [6.07, 6.45) is 0.564. The Hall–Kier alpha value is -1.88. The summed E-state index contributed by atoms with van der Waals surface area (Å²) in [5.74, 6) is -0.772. The van der Waals surface area contributed by atoms with Gasteiger partial charge >= 0.3 is 5.97 Å². The van der Waals surface area contributed by atoms with Gasteiger partial charge in [0.05, 0.1) is 12.2 Å². The number of aryl methyl sites for hydroxylation is 2. The molecule has 2 heterocycles. The normalized spacial score (nSPS) is 17.3. The zero-order valence-corrected chi connectivity index (χ0v) is 12.3. The number of fused-ring (bicyclic) bond motifs is 1. The van der Waals surface area contributed by atoms with Gasteiger partial charge in [-0.05, 0) is 25.5 Å². The molecule has 1 atom stereocenters. The predicted molar refractivity (Wildman–Crippen MR) is 79.3 cm³/mol. The molecule has 20 heavy (non-hydrogen) atoms. The molecule has 0 amide bonds. The highest BCUT2D eigenvalue weighted by Gasteiger charge is 2.34. The largest absolute Gasteiger partial charge is 0.480 e. The Kier molecular flexibility index (Phi) is 3.22. The average Bonchev–Trinajstić information content (AvgIpc) is 2.92. The van der Waals surface area contributed by atoms with Gasteiger partial charge in [-0.2, -0.15) is 0 Å². The Bertz CT molecular complexity index is 646. The molecule has 1 aliphatic heterocycles. The van der Waals surface area contributed by atoms with E-state index in [2.05, 4.69) is 4.98 Å². The van der Waals surface area contributed by atoms with E-state index in [-0.39, 0.29) is 0 Å². The number of aromatic nitrogens is 1. The Morgan fingerprint density at radius 3 is 2.85 bits per heavy atom. The van der Waals surface area contributed by atoms with Gasteiger partial charge in [0, 0.05) is 17.0 Å². The molecule has 1 N–H and O–H groups in total.